The summed E-state index contributed by atoms with van der Waals surface area (Å²) in [6, 6.07) is 14.4. The third kappa shape index (κ3) is 8.10. The number of guanidine groups is 1. The van der Waals surface area contributed by atoms with Crippen LogP contribution in [0.4, 0.5) is 0 Å². The zero-order valence-electron chi connectivity index (χ0n) is 20.8. The molecule has 2 aromatic carbocycles. The van der Waals surface area contributed by atoms with Crippen molar-refractivity contribution in [1.82, 2.24) is 10.2 Å². The number of hydrogen-bond acceptors (Lipinski definition) is 6. The molecule has 0 spiro atoms. The van der Waals surface area contributed by atoms with E-state index in [9.17, 15) is 9.59 Å². The molecule has 8 heteroatoms. The van der Waals surface area contributed by atoms with Gasteiger partial charge in [0, 0.05) is 12.8 Å². The quantitative estimate of drug-likeness (QED) is 0.400. The van der Waals surface area contributed by atoms with E-state index < -0.39 is 6.04 Å². The molecule has 3 N–H and O–H groups in total. The number of piperidine rings is 1. The number of nitrogens with one attached hydrogen (secondary N) is 1. The Kier molecular flexibility index (Phi) is 9.66. The average Bonchev–Trinajstić information content (AvgIpc) is 2.85. The molecule has 35 heavy (non-hydrogen) atoms. The number of nitrogens with zero attached hydrogens (tertiary/aromatic N) is 2. The van der Waals surface area contributed by atoms with Crippen LogP contribution >= 0.6 is 0 Å². The molecule has 0 bridgehead atoms. The van der Waals surface area contributed by atoms with Crippen molar-refractivity contribution in [3.05, 3.63) is 59.7 Å². The van der Waals surface area contributed by atoms with E-state index in [1.165, 1.54) is 0 Å². The fourth-order valence-corrected chi connectivity index (χ4v) is 4.32. The molecule has 1 atom stereocenters. The number of amides is 1. The SMILES string of the molecule is COc1ccc(CC(=O)NC(N)=N[C@H](Cc2ccccc2)C(=O)CC2CCN(C)CC2)cc1OC. The zero-order valence-corrected chi connectivity index (χ0v) is 20.8. The maximum Gasteiger partial charge on any atom is 0.231 e. The Morgan fingerprint density at radius 2 is 1.74 bits per heavy atom. The van der Waals surface area contributed by atoms with Gasteiger partial charge in [-0.2, -0.15) is 0 Å². The van der Waals surface area contributed by atoms with E-state index in [1.54, 1.807) is 32.4 Å². The van der Waals surface area contributed by atoms with Crippen LogP contribution in [0, 0.1) is 5.92 Å². The van der Waals surface area contributed by atoms with Crippen molar-refractivity contribution in [2.75, 3.05) is 34.4 Å². The summed E-state index contributed by atoms with van der Waals surface area (Å²) in [5.41, 5.74) is 7.83. The van der Waals surface area contributed by atoms with E-state index in [4.69, 9.17) is 15.2 Å². The van der Waals surface area contributed by atoms with Crippen LogP contribution in [0.1, 0.15) is 30.4 Å². The highest BCUT2D eigenvalue weighted by Crippen LogP contribution is 2.27. The summed E-state index contributed by atoms with van der Waals surface area (Å²) in [7, 11) is 5.20. The molecule has 188 valence electrons. The first-order valence-electron chi connectivity index (χ1n) is 12.0. The molecular formula is C27H36N4O4. The molecule has 1 aliphatic rings. The van der Waals surface area contributed by atoms with Crippen LogP contribution in [0.25, 0.3) is 0 Å². The molecule has 0 saturated carbocycles. The Bertz CT molecular complexity index is 1020. The predicted octanol–water partition coefficient (Wildman–Crippen LogP) is 2.59. The topological polar surface area (TPSA) is 106 Å². The Balaban J connectivity index is 1.67. The van der Waals surface area contributed by atoms with Gasteiger partial charge in [-0.3, -0.25) is 14.9 Å². The van der Waals surface area contributed by atoms with E-state index in [2.05, 4.69) is 22.3 Å². The van der Waals surface area contributed by atoms with E-state index >= 15 is 0 Å². The van der Waals surface area contributed by atoms with Gasteiger partial charge in [-0.25, -0.2) is 4.99 Å². The Morgan fingerprint density at radius 3 is 2.40 bits per heavy atom. The standard InChI is InChI=1S/C27H36N4O4/c1-31-13-11-20(12-14-31)16-23(32)22(15-19-7-5-4-6-8-19)29-27(28)30-26(33)18-21-9-10-24(34-2)25(17-21)35-3/h4-10,17,20,22H,11-16,18H2,1-3H3,(H3,28,29,30,33)/t22-/m1/s1. The Morgan fingerprint density at radius 1 is 1.06 bits per heavy atom. The largest absolute Gasteiger partial charge is 0.493 e. The van der Waals surface area contributed by atoms with Crippen LogP contribution in [-0.2, 0) is 22.4 Å². The van der Waals surface area contributed by atoms with Gasteiger partial charge in [-0.05, 0) is 62.2 Å². The molecular weight excluding hydrogens is 444 g/mol. The van der Waals surface area contributed by atoms with Crippen LogP contribution in [0.5, 0.6) is 11.5 Å². The Labute approximate surface area is 207 Å². The highest BCUT2D eigenvalue weighted by Gasteiger charge is 2.25. The molecule has 2 aromatic rings. The first-order valence-corrected chi connectivity index (χ1v) is 12.0. The minimum Gasteiger partial charge on any atom is -0.493 e. The first kappa shape index (κ1) is 26.2. The van der Waals surface area contributed by atoms with Crippen LogP contribution in [0.3, 0.4) is 0 Å². The van der Waals surface area contributed by atoms with Crippen molar-refractivity contribution in [2.45, 2.75) is 38.1 Å². The predicted molar refractivity (Wildman–Crippen MR) is 137 cm³/mol. The summed E-state index contributed by atoms with van der Waals surface area (Å²) in [5.74, 6) is 1.17. The molecule has 1 amide bonds. The van der Waals surface area contributed by atoms with Crippen molar-refractivity contribution in [1.29, 1.82) is 0 Å². The summed E-state index contributed by atoms with van der Waals surface area (Å²) < 4.78 is 10.5. The maximum absolute atomic E-state index is 13.2. The van der Waals surface area contributed by atoms with Crippen molar-refractivity contribution in [2.24, 2.45) is 16.6 Å². The van der Waals surface area contributed by atoms with Crippen molar-refractivity contribution < 1.29 is 19.1 Å². The number of carbonyl (C=O) groups excluding carboxylic acids is 2. The summed E-state index contributed by atoms with van der Waals surface area (Å²) in [6.45, 7) is 2.00. The van der Waals surface area contributed by atoms with Crippen molar-refractivity contribution in [3.8, 4) is 11.5 Å². The van der Waals surface area contributed by atoms with E-state index in [1.807, 2.05) is 30.3 Å². The fourth-order valence-electron chi connectivity index (χ4n) is 4.32. The monoisotopic (exact) mass is 480 g/mol. The number of rotatable bonds is 10. The van der Waals surface area contributed by atoms with Gasteiger partial charge < -0.3 is 20.1 Å². The molecule has 0 radical (unpaired) electrons. The van der Waals surface area contributed by atoms with Crippen LogP contribution < -0.4 is 20.5 Å². The maximum atomic E-state index is 13.2. The number of benzene rings is 2. The number of ether oxygens (including phenoxy) is 2. The number of ketones is 1. The Hall–Kier alpha value is -3.39. The third-order valence-corrected chi connectivity index (χ3v) is 6.35. The van der Waals surface area contributed by atoms with Gasteiger partial charge in [0.05, 0.1) is 20.6 Å². The van der Waals surface area contributed by atoms with Gasteiger partial charge in [0.2, 0.25) is 5.91 Å². The summed E-state index contributed by atoms with van der Waals surface area (Å²) in [6.07, 6.45) is 3.01. The molecule has 1 saturated heterocycles. The number of carbonyl (C=O) groups is 2. The summed E-state index contributed by atoms with van der Waals surface area (Å²) in [5, 5.41) is 2.63. The number of Topliss-reactive ketones (excluding diaryl/α,β-unsaturated/α-hetero) is 1. The normalized spacial score (nSPS) is 15.9. The minimum atomic E-state index is -0.640. The number of aliphatic imine (C=N–C) groups is 1. The molecule has 8 nitrogen and oxygen atoms in total. The number of hydrogen-bond donors (Lipinski definition) is 2. The molecule has 1 fully saturated rings. The van der Waals surface area contributed by atoms with E-state index in [-0.39, 0.29) is 24.1 Å². The lowest BCUT2D eigenvalue weighted by molar-refractivity contribution is -0.122. The van der Waals surface area contributed by atoms with Gasteiger partial charge in [0.25, 0.3) is 0 Å². The lowest BCUT2D eigenvalue weighted by Gasteiger charge is -2.29. The van der Waals surface area contributed by atoms with Gasteiger partial charge in [-0.1, -0.05) is 36.4 Å². The molecule has 0 unspecified atom stereocenters. The molecule has 1 heterocycles. The first-order chi connectivity index (χ1) is 16.9. The van der Waals surface area contributed by atoms with Gasteiger partial charge in [0.1, 0.15) is 6.04 Å². The fraction of sp³-hybridized carbons (Fsp3) is 0.444. The lowest BCUT2D eigenvalue weighted by Crippen LogP contribution is -2.40. The molecule has 0 aliphatic carbocycles. The summed E-state index contributed by atoms with van der Waals surface area (Å²) in [4.78, 5) is 32.6. The highest BCUT2D eigenvalue weighted by atomic mass is 16.5. The van der Waals surface area contributed by atoms with Crippen LogP contribution in [0.2, 0.25) is 0 Å². The van der Waals surface area contributed by atoms with E-state index in [0.29, 0.717) is 30.3 Å². The number of methoxy groups -OCH3 is 2. The molecule has 3 rings (SSSR count). The number of nitrogens with two attached hydrogens (primary N) is 1. The van der Waals surface area contributed by atoms with Crippen LogP contribution in [-0.4, -0.2) is 62.9 Å². The van der Waals surface area contributed by atoms with Gasteiger partial charge in [0.15, 0.2) is 23.2 Å². The second-order valence-corrected chi connectivity index (χ2v) is 9.05. The second kappa shape index (κ2) is 12.9. The van der Waals surface area contributed by atoms with Crippen molar-refractivity contribution >= 4 is 17.6 Å². The van der Waals surface area contributed by atoms with Crippen molar-refractivity contribution in [3.63, 3.8) is 0 Å². The zero-order chi connectivity index (χ0) is 25.2. The second-order valence-electron chi connectivity index (χ2n) is 9.05. The van der Waals surface area contributed by atoms with Crippen LogP contribution in [0.15, 0.2) is 53.5 Å². The highest BCUT2D eigenvalue weighted by molar-refractivity contribution is 5.98. The average molecular weight is 481 g/mol. The van der Waals surface area contributed by atoms with E-state index in [0.717, 1.165) is 37.1 Å². The van der Waals surface area contributed by atoms with Gasteiger partial charge >= 0.3 is 0 Å². The minimum absolute atomic E-state index is 0.0480. The lowest BCUT2D eigenvalue weighted by atomic mass is 9.89. The smallest absolute Gasteiger partial charge is 0.231 e. The van der Waals surface area contributed by atoms with Gasteiger partial charge in [-0.15, -0.1) is 0 Å². The third-order valence-electron chi connectivity index (χ3n) is 6.35. The molecule has 0 aromatic heterocycles. The summed E-state index contributed by atoms with van der Waals surface area (Å²) >= 11 is 0. The number of likely N-dealkylation sites (tertiary alicyclic amines) is 1. The molecule has 1 aliphatic heterocycles.